The quantitative estimate of drug-likeness (QED) is 0.799. The topological polar surface area (TPSA) is 75.2 Å². The Morgan fingerprint density at radius 3 is 3.00 bits per heavy atom. The molecule has 0 fully saturated rings. The molecule has 3 aromatic rings. The predicted octanol–water partition coefficient (Wildman–Crippen LogP) is 2.57. The Kier molecular flexibility index (Phi) is 3.12. The van der Waals surface area contributed by atoms with Gasteiger partial charge in [0.25, 0.3) is 5.88 Å². The fraction of sp³-hybridized carbons (Fsp3) is 0.0714. The van der Waals surface area contributed by atoms with Crippen LogP contribution in [0.15, 0.2) is 36.8 Å². The molecule has 0 spiro atoms. The average molecular weight is 283 g/mol. The lowest BCUT2D eigenvalue weighted by molar-refractivity contribution is 0.460. The van der Waals surface area contributed by atoms with Crippen molar-refractivity contribution >= 4 is 11.5 Å². The minimum absolute atomic E-state index is 0.0368. The number of ether oxygens (including phenoxy) is 1. The number of anilines is 1. The zero-order valence-electron chi connectivity index (χ0n) is 11.0. The average Bonchev–Trinajstić information content (AvgIpc) is 2.96. The lowest BCUT2D eigenvalue weighted by atomic mass is 10.2. The van der Waals surface area contributed by atoms with Crippen molar-refractivity contribution in [3.05, 3.63) is 48.2 Å². The van der Waals surface area contributed by atoms with E-state index in [2.05, 4.69) is 15.3 Å². The summed E-state index contributed by atoms with van der Waals surface area (Å²) in [6, 6.07) is 5.77. The molecule has 0 bridgehead atoms. The molecule has 0 saturated heterocycles. The van der Waals surface area contributed by atoms with Crippen molar-refractivity contribution in [1.82, 2.24) is 14.4 Å². The van der Waals surface area contributed by atoms with Crippen molar-refractivity contribution in [1.29, 1.82) is 5.26 Å². The van der Waals surface area contributed by atoms with Crippen molar-refractivity contribution in [3.63, 3.8) is 0 Å². The van der Waals surface area contributed by atoms with Crippen molar-refractivity contribution in [2.75, 3.05) is 12.4 Å². The van der Waals surface area contributed by atoms with E-state index in [1.165, 1.54) is 12.1 Å². The van der Waals surface area contributed by atoms with E-state index < -0.39 is 5.82 Å². The number of nitriles is 1. The second-order valence-corrected chi connectivity index (χ2v) is 4.19. The Balaban J connectivity index is 2.03. The first kappa shape index (κ1) is 12.9. The molecule has 0 unspecified atom stereocenters. The van der Waals surface area contributed by atoms with Crippen LogP contribution in [0.5, 0.6) is 11.6 Å². The number of nitrogens with zero attached hydrogens (tertiary/aromatic N) is 4. The molecule has 2 aromatic heterocycles. The molecule has 0 saturated carbocycles. The molecular formula is C14H10FN5O. The fourth-order valence-corrected chi connectivity index (χ4v) is 1.85. The highest BCUT2D eigenvalue weighted by Gasteiger charge is 2.11. The number of aromatic nitrogens is 3. The van der Waals surface area contributed by atoms with E-state index in [-0.39, 0.29) is 17.2 Å². The van der Waals surface area contributed by atoms with Crippen LogP contribution in [-0.4, -0.2) is 21.4 Å². The number of fused-ring (bicyclic) bond motifs is 1. The summed E-state index contributed by atoms with van der Waals surface area (Å²) >= 11 is 0. The fourth-order valence-electron chi connectivity index (χ4n) is 1.85. The second-order valence-electron chi connectivity index (χ2n) is 4.19. The maximum Gasteiger partial charge on any atom is 0.265 e. The number of rotatable bonds is 3. The Hall–Kier alpha value is -3.14. The van der Waals surface area contributed by atoms with E-state index in [0.29, 0.717) is 11.5 Å². The highest BCUT2D eigenvalue weighted by molar-refractivity contribution is 5.55. The first-order chi connectivity index (χ1) is 10.2. The third-order valence-corrected chi connectivity index (χ3v) is 2.87. The van der Waals surface area contributed by atoms with Crippen LogP contribution in [0.2, 0.25) is 0 Å². The molecule has 0 aliphatic carbocycles. The number of benzene rings is 1. The first-order valence-electron chi connectivity index (χ1n) is 6.10. The van der Waals surface area contributed by atoms with Gasteiger partial charge in [0, 0.05) is 25.5 Å². The van der Waals surface area contributed by atoms with Gasteiger partial charge in [-0.1, -0.05) is 0 Å². The van der Waals surface area contributed by atoms with Crippen LogP contribution >= 0.6 is 0 Å². The summed E-state index contributed by atoms with van der Waals surface area (Å²) in [4.78, 5) is 8.40. The van der Waals surface area contributed by atoms with Gasteiger partial charge < -0.3 is 10.1 Å². The standard InChI is InChI=1S/C14H10FN5O/c1-17-12-8-20-5-4-18-13(20)14(19-12)21-10-3-2-9(7-16)11(15)6-10/h2-6,8,17H,1H3. The van der Waals surface area contributed by atoms with Crippen LogP contribution < -0.4 is 10.1 Å². The van der Waals surface area contributed by atoms with Gasteiger partial charge in [-0.15, -0.1) is 0 Å². The van der Waals surface area contributed by atoms with E-state index in [4.69, 9.17) is 10.00 Å². The number of nitrogens with one attached hydrogen (secondary N) is 1. The second kappa shape index (κ2) is 5.09. The summed E-state index contributed by atoms with van der Waals surface area (Å²) in [5.74, 6) is 0.442. The number of hydrogen-bond acceptors (Lipinski definition) is 5. The molecule has 2 heterocycles. The largest absolute Gasteiger partial charge is 0.436 e. The van der Waals surface area contributed by atoms with Crippen molar-refractivity contribution < 1.29 is 9.13 Å². The molecule has 1 N–H and O–H groups in total. The van der Waals surface area contributed by atoms with Crippen LogP contribution in [0.1, 0.15) is 5.56 Å². The van der Waals surface area contributed by atoms with Crippen LogP contribution in [0.4, 0.5) is 10.2 Å². The molecule has 0 aliphatic rings. The van der Waals surface area contributed by atoms with Crippen molar-refractivity contribution in [2.45, 2.75) is 0 Å². The lowest BCUT2D eigenvalue weighted by Gasteiger charge is -2.08. The van der Waals surface area contributed by atoms with Crippen LogP contribution in [0, 0.1) is 17.1 Å². The van der Waals surface area contributed by atoms with Crippen LogP contribution in [0.25, 0.3) is 5.65 Å². The number of imidazole rings is 1. The van der Waals surface area contributed by atoms with Crippen molar-refractivity contribution in [3.8, 4) is 17.7 Å². The highest BCUT2D eigenvalue weighted by Crippen LogP contribution is 2.26. The van der Waals surface area contributed by atoms with Gasteiger partial charge >= 0.3 is 0 Å². The van der Waals surface area contributed by atoms with Gasteiger partial charge in [0.1, 0.15) is 23.5 Å². The first-order valence-corrected chi connectivity index (χ1v) is 6.10. The molecule has 6 nitrogen and oxygen atoms in total. The monoisotopic (exact) mass is 283 g/mol. The van der Waals surface area contributed by atoms with E-state index in [1.54, 1.807) is 36.1 Å². The van der Waals surface area contributed by atoms with E-state index in [0.717, 1.165) is 6.07 Å². The maximum absolute atomic E-state index is 13.6. The smallest absolute Gasteiger partial charge is 0.265 e. The summed E-state index contributed by atoms with van der Waals surface area (Å²) in [5, 5.41) is 11.6. The number of hydrogen-bond donors (Lipinski definition) is 1. The third-order valence-electron chi connectivity index (χ3n) is 2.87. The zero-order valence-corrected chi connectivity index (χ0v) is 11.0. The summed E-state index contributed by atoms with van der Waals surface area (Å²) in [7, 11) is 1.73. The molecule has 7 heteroatoms. The molecule has 3 rings (SSSR count). The molecule has 1 aromatic carbocycles. The predicted molar refractivity (Wildman–Crippen MR) is 73.7 cm³/mol. The molecule has 104 valence electrons. The van der Waals surface area contributed by atoms with Gasteiger partial charge in [0.15, 0.2) is 0 Å². The Morgan fingerprint density at radius 2 is 2.29 bits per heavy atom. The van der Waals surface area contributed by atoms with E-state index >= 15 is 0 Å². The van der Waals surface area contributed by atoms with Crippen LogP contribution in [-0.2, 0) is 0 Å². The maximum atomic E-state index is 13.6. The SMILES string of the molecule is CNc1cn2ccnc2c(Oc2ccc(C#N)c(F)c2)n1. The summed E-state index contributed by atoms with van der Waals surface area (Å²) in [6.07, 6.45) is 5.13. The highest BCUT2D eigenvalue weighted by atomic mass is 19.1. The Morgan fingerprint density at radius 1 is 1.43 bits per heavy atom. The van der Waals surface area contributed by atoms with Crippen molar-refractivity contribution in [2.24, 2.45) is 0 Å². The molecular weight excluding hydrogens is 273 g/mol. The van der Waals surface area contributed by atoms with Gasteiger partial charge in [-0.2, -0.15) is 10.2 Å². The Bertz CT molecular complexity index is 852. The van der Waals surface area contributed by atoms with Gasteiger partial charge in [-0.25, -0.2) is 9.37 Å². The molecule has 0 atom stereocenters. The molecule has 21 heavy (non-hydrogen) atoms. The Labute approximate surface area is 119 Å². The van der Waals surface area contributed by atoms with Gasteiger partial charge in [-0.05, 0) is 12.1 Å². The van der Waals surface area contributed by atoms with Crippen LogP contribution in [0.3, 0.4) is 0 Å². The molecule has 0 amide bonds. The normalized spacial score (nSPS) is 10.3. The number of halogens is 1. The summed E-state index contributed by atoms with van der Waals surface area (Å²) in [5.41, 5.74) is 0.476. The molecule has 0 radical (unpaired) electrons. The minimum Gasteiger partial charge on any atom is -0.436 e. The van der Waals surface area contributed by atoms with Gasteiger partial charge in [0.2, 0.25) is 5.65 Å². The molecule has 0 aliphatic heterocycles. The van der Waals surface area contributed by atoms with E-state index in [9.17, 15) is 4.39 Å². The zero-order chi connectivity index (χ0) is 14.8. The van der Waals surface area contributed by atoms with Gasteiger partial charge in [0.05, 0.1) is 11.8 Å². The lowest BCUT2D eigenvalue weighted by Crippen LogP contribution is -2.00. The summed E-state index contributed by atoms with van der Waals surface area (Å²) < 4.78 is 20.9. The van der Waals surface area contributed by atoms with Gasteiger partial charge in [-0.3, -0.25) is 4.40 Å². The summed E-state index contributed by atoms with van der Waals surface area (Å²) in [6.45, 7) is 0. The minimum atomic E-state index is -0.640. The van der Waals surface area contributed by atoms with E-state index in [1.807, 2.05) is 0 Å². The third kappa shape index (κ3) is 2.34.